The number of amides is 1. The zero-order valence-corrected chi connectivity index (χ0v) is 18.4. The van der Waals surface area contributed by atoms with Crippen LogP contribution >= 0.6 is 19.5 Å². The van der Waals surface area contributed by atoms with Crippen LogP contribution < -0.4 is 5.30 Å². The lowest BCUT2D eigenvalue weighted by atomic mass is 10.1. The number of nitrogens with zero attached hydrogens (tertiary/aromatic N) is 2. The second kappa shape index (κ2) is 9.63. The maximum Gasteiger partial charge on any atom is 0.253 e. The van der Waals surface area contributed by atoms with Crippen molar-refractivity contribution in [2.75, 3.05) is 32.8 Å². The second-order valence-corrected chi connectivity index (χ2v) is 9.64. The quantitative estimate of drug-likeness (QED) is 0.431. The lowest BCUT2D eigenvalue weighted by Gasteiger charge is -2.35. The van der Waals surface area contributed by atoms with E-state index in [0.29, 0.717) is 31.7 Å². The molecule has 1 aliphatic heterocycles. The van der Waals surface area contributed by atoms with E-state index in [9.17, 15) is 9.59 Å². The Bertz CT molecular complexity index is 985. The minimum Gasteiger partial charge on any atom is -0.336 e. The highest BCUT2D eigenvalue weighted by molar-refractivity contribution is 7.60. The fourth-order valence-electron chi connectivity index (χ4n) is 3.33. The maximum atomic E-state index is 12.6. The van der Waals surface area contributed by atoms with E-state index in [1.54, 1.807) is 0 Å². The number of hydroxylamine groups is 2. The molecule has 0 N–H and O–H groups in total. The zero-order chi connectivity index (χ0) is 20.9. The van der Waals surface area contributed by atoms with Gasteiger partial charge in [-0.05, 0) is 30.2 Å². The summed E-state index contributed by atoms with van der Waals surface area (Å²) in [6.07, 6.45) is 0. The van der Waals surface area contributed by atoms with Gasteiger partial charge in [0.15, 0.2) is 0 Å². The summed E-state index contributed by atoms with van der Waals surface area (Å²) >= 11 is 1.46. The van der Waals surface area contributed by atoms with Crippen LogP contribution in [0.15, 0.2) is 72.1 Å². The summed E-state index contributed by atoms with van der Waals surface area (Å²) in [6, 6.07) is 20.8. The minimum atomic E-state index is -0.835. The SMILES string of the molecule is CP(ON1CCN(C(=O)c2ccccc2)CC1)c1ccc(C(=O)c2cccs2)cc1. The number of ketones is 1. The predicted octanol–water partition coefficient (Wildman–Crippen LogP) is 4.02. The van der Waals surface area contributed by atoms with Gasteiger partial charge in [-0.1, -0.05) is 48.5 Å². The van der Waals surface area contributed by atoms with Crippen LogP contribution in [0.25, 0.3) is 0 Å². The molecule has 2 aromatic carbocycles. The van der Waals surface area contributed by atoms with Crippen molar-refractivity contribution in [1.82, 2.24) is 9.96 Å². The van der Waals surface area contributed by atoms with Crippen molar-refractivity contribution in [2.24, 2.45) is 0 Å². The lowest BCUT2D eigenvalue weighted by Crippen LogP contribution is -2.48. The second-order valence-electron chi connectivity index (χ2n) is 7.02. The molecule has 30 heavy (non-hydrogen) atoms. The van der Waals surface area contributed by atoms with Crippen molar-refractivity contribution >= 4 is 36.5 Å². The number of hydrogen-bond donors (Lipinski definition) is 0. The highest BCUT2D eigenvalue weighted by Crippen LogP contribution is 2.33. The number of benzene rings is 2. The Morgan fingerprint density at radius 1 is 0.867 bits per heavy atom. The van der Waals surface area contributed by atoms with E-state index in [0.717, 1.165) is 15.7 Å². The molecule has 4 rings (SSSR count). The summed E-state index contributed by atoms with van der Waals surface area (Å²) in [7, 11) is -0.835. The fraction of sp³-hybridized carbons (Fsp3) is 0.217. The Labute approximate surface area is 181 Å². The largest absolute Gasteiger partial charge is 0.336 e. The van der Waals surface area contributed by atoms with Crippen molar-refractivity contribution in [2.45, 2.75) is 0 Å². The summed E-state index contributed by atoms with van der Waals surface area (Å²) in [5.74, 6) is 0.122. The van der Waals surface area contributed by atoms with Gasteiger partial charge in [0.2, 0.25) is 5.78 Å². The van der Waals surface area contributed by atoms with Gasteiger partial charge in [0.1, 0.15) is 0 Å². The molecule has 1 unspecified atom stereocenters. The topological polar surface area (TPSA) is 49.9 Å². The number of carbonyl (C=O) groups excluding carboxylic acids is 2. The summed E-state index contributed by atoms with van der Waals surface area (Å²) in [4.78, 5) is 27.6. The summed E-state index contributed by atoms with van der Waals surface area (Å²) in [5.41, 5.74) is 1.42. The van der Waals surface area contributed by atoms with Crippen molar-refractivity contribution in [3.05, 3.63) is 88.1 Å². The van der Waals surface area contributed by atoms with Gasteiger partial charge in [-0.2, -0.15) is 5.06 Å². The molecule has 1 fully saturated rings. The van der Waals surface area contributed by atoms with Crippen LogP contribution in [-0.4, -0.2) is 54.5 Å². The van der Waals surface area contributed by atoms with E-state index in [4.69, 9.17) is 4.62 Å². The lowest BCUT2D eigenvalue weighted by molar-refractivity contribution is -0.0724. The molecule has 2 heterocycles. The first kappa shape index (κ1) is 20.9. The molecule has 1 saturated heterocycles. The highest BCUT2D eigenvalue weighted by atomic mass is 32.1. The van der Waals surface area contributed by atoms with Crippen LogP contribution in [-0.2, 0) is 4.62 Å². The third kappa shape index (κ3) is 4.85. The van der Waals surface area contributed by atoms with Crippen molar-refractivity contribution < 1.29 is 14.2 Å². The minimum absolute atomic E-state index is 0.0529. The molecular formula is C23H23N2O3PS. The average molecular weight is 438 g/mol. The van der Waals surface area contributed by atoms with Gasteiger partial charge in [0.05, 0.1) is 13.0 Å². The molecule has 0 saturated carbocycles. The van der Waals surface area contributed by atoms with Crippen molar-refractivity contribution in [3.8, 4) is 0 Å². The predicted molar refractivity (Wildman–Crippen MR) is 122 cm³/mol. The van der Waals surface area contributed by atoms with E-state index < -0.39 is 8.15 Å². The van der Waals surface area contributed by atoms with E-state index in [2.05, 4.69) is 6.66 Å². The fourth-order valence-corrected chi connectivity index (χ4v) is 5.19. The van der Waals surface area contributed by atoms with E-state index >= 15 is 0 Å². The van der Waals surface area contributed by atoms with Crippen LogP contribution in [0.4, 0.5) is 0 Å². The van der Waals surface area contributed by atoms with E-state index in [-0.39, 0.29) is 11.7 Å². The van der Waals surface area contributed by atoms with Crippen LogP contribution in [0.3, 0.4) is 0 Å². The normalized spacial score (nSPS) is 15.7. The number of hydrogen-bond acceptors (Lipinski definition) is 5. The number of piperazine rings is 1. The first-order valence-electron chi connectivity index (χ1n) is 9.81. The molecule has 7 heteroatoms. The molecule has 3 aromatic rings. The first-order chi connectivity index (χ1) is 14.6. The monoisotopic (exact) mass is 438 g/mol. The average Bonchev–Trinajstić information content (AvgIpc) is 3.34. The van der Waals surface area contributed by atoms with Gasteiger partial charge in [0, 0.05) is 42.6 Å². The maximum absolute atomic E-state index is 12.6. The number of rotatable bonds is 6. The number of carbonyl (C=O) groups is 2. The molecule has 5 nitrogen and oxygen atoms in total. The third-order valence-corrected chi connectivity index (χ3v) is 7.39. The number of thiophene rings is 1. The zero-order valence-electron chi connectivity index (χ0n) is 16.7. The Balaban J connectivity index is 1.30. The Hall–Kier alpha value is -2.37. The summed E-state index contributed by atoms with van der Waals surface area (Å²) in [6.45, 7) is 4.71. The summed E-state index contributed by atoms with van der Waals surface area (Å²) in [5, 5.41) is 4.94. The van der Waals surface area contributed by atoms with Crippen LogP contribution in [0, 0.1) is 0 Å². The van der Waals surface area contributed by atoms with Gasteiger partial charge in [0.25, 0.3) is 5.91 Å². The Morgan fingerprint density at radius 2 is 1.57 bits per heavy atom. The van der Waals surface area contributed by atoms with Crippen LogP contribution in [0.5, 0.6) is 0 Å². The first-order valence-corrected chi connectivity index (χ1v) is 12.4. The highest BCUT2D eigenvalue weighted by Gasteiger charge is 2.24. The van der Waals surface area contributed by atoms with Gasteiger partial charge in [-0.3, -0.25) is 14.2 Å². The van der Waals surface area contributed by atoms with Crippen LogP contribution in [0.2, 0.25) is 0 Å². The van der Waals surface area contributed by atoms with Crippen molar-refractivity contribution in [1.29, 1.82) is 0 Å². The molecule has 0 bridgehead atoms. The van der Waals surface area contributed by atoms with E-state index in [1.807, 2.05) is 82.1 Å². The standard InChI is InChI=1S/C23H23N2O3PS/c1-29(20-11-9-18(10-12-20)22(26)21-8-5-17-30-21)28-25-15-13-24(14-16-25)23(27)19-6-3-2-4-7-19/h2-12,17H,13-16H2,1H3. The van der Waals surface area contributed by atoms with Crippen LogP contribution in [0.1, 0.15) is 25.6 Å². The molecular weight excluding hydrogens is 415 g/mol. The molecule has 154 valence electrons. The van der Waals surface area contributed by atoms with Gasteiger partial charge in [-0.25, -0.2) is 0 Å². The summed E-state index contributed by atoms with van der Waals surface area (Å²) < 4.78 is 6.16. The molecule has 0 aliphatic carbocycles. The molecule has 1 aliphatic rings. The Morgan fingerprint density at radius 3 is 2.20 bits per heavy atom. The molecule has 0 spiro atoms. The van der Waals surface area contributed by atoms with E-state index in [1.165, 1.54) is 11.3 Å². The molecule has 1 amide bonds. The Kier molecular flexibility index (Phi) is 6.70. The molecule has 1 aromatic heterocycles. The molecule has 1 atom stereocenters. The smallest absolute Gasteiger partial charge is 0.253 e. The third-order valence-electron chi connectivity index (χ3n) is 5.02. The van der Waals surface area contributed by atoms with Gasteiger partial charge < -0.3 is 4.90 Å². The van der Waals surface area contributed by atoms with Crippen molar-refractivity contribution in [3.63, 3.8) is 0 Å². The van der Waals surface area contributed by atoms with Gasteiger partial charge in [-0.15, -0.1) is 11.3 Å². The molecule has 0 radical (unpaired) electrons. The van der Waals surface area contributed by atoms with Gasteiger partial charge >= 0.3 is 0 Å².